The smallest absolute Gasteiger partial charge is 0.335 e. The zero-order valence-corrected chi connectivity index (χ0v) is 17.5. The van der Waals surface area contributed by atoms with Crippen LogP contribution in [0.25, 0.3) is 0 Å². The molecule has 0 aliphatic carbocycles. The topological polar surface area (TPSA) is 122 Å². The monoisotopic (exact) mass is 414 g/mol. The number of hydrogen-bond acceptors (Lipinski definition) is 9. The van der Waals surface area contributed by atoms with Crippen molar-refractivity contribution < 1.29 is 42.9 Å². The van der Waals surface area contributed by atoms with Crippen molar-refractivity contribution in [3.05, 3.63) is 12.2 Å². The van der Waals surface area contributed by atoms with E-state index in [0.717, 1.165) is 0 Å². The Bertz CT molecular complexity index is 589. The number of ketones is 2. The molecule has 0 aromatic rings. The number of rotatable bonds is 15. The van der Waals surface area contributed by atoms with Crippen molar-refractivity contribution in [1.29, 1.82) is 0 Å². The zero-order valence-electron chi connectivity index (χ0n) is 17.5. The van der Waals surface area contributed by atoms with Crippen molar-refractivity contribution in [1.82, 2.24) is 0 Å². The quantitative estimate of drug-likeness (QED) is 0.170. The minimum atomic E-state index is -0.923. The van der Waals surface area contributed by atoms with Crippen LogP contribution in [0.2, 0.25) is 0 Å². The van der Waals surface area contributed by atoms with Gasteiger partial charge < -0.3 is 18.9 Å². The van der Waals surface area contributed by atoms with Gasteiger partial charge in [0.2, 0.25) is 0 Å². The molecule has 0 spiro atoms. The number of hydrogen-bond donors (Lipinski definition) is 0. The van der Waals surface area contributed by atoms with Crippen LogP contribution in [0.15, 0.2) is 12.2 Å². The molecule has 29 heavy (non-hydrogen) atoms. The summed E-state index contributed by atoms with van der Waals surface area (Å²) in [6.07, 6.45) is -0.353. The average molecular weight is 414 g/mol. The number of Topliss-reactive ketones (excluding diaryl/α,β-unsaturated/α-hetero) is 2. The van der Waals surface area contributed by atoms with Gasteiger partial charge in [-0.05, 0) is 27.2 Å². The molecule has 0 saturated heterocycles. The highest BCUT2D eigenvalue weighted by Crippen LogP contribution is 2.25. The van der Waals surface area contributed by atoms with E-state index in [9.17, 15) is 24.0 Å². The summed E-state index contributed by atoms with van der Waals surface area (Å²) in [6, 6.07) is 0. The van der Waals surface area contributed by atoms with Crippen LogP contribution in [-0.2, 0) is 42.9 Å². The van der Waals surface area contributed by atoms with E-state index in [1.165, 1.54) is 13.8 Å². The summed E-state index contributed by atoms with van der Waals surface area (Å²) in [5, 5.41) is 0. The van der Waals surface area contributed by atoms with Gasteiger partial charge in [0.25, 0.3) is 0 Å². The Balaban J connectivity index is 5.02. The second-order valence-corrected chi connectivity index (χ2v) is 6.75. The molecule has 0 saturated carbocycles. The lowest BCUT2D eigenvalue weighted by Gasteiger charge is -2.31. The third kappa shape index (κ3) is 11.8. The Hall–Kier alpha value is -2.55. The van der Waals surface area contributed by atoms with Gasteiger partial charge in [0.05, 0.1) is 30.8 Å². The molecule has 0 unspecified atom stereocenters. The van der Waals surface area contributed by atoms with Gasteiger partial charge in [-0.1, -0.05) is 13.5 Å². The van der Waals surface area contributed by atoms with Crippen LogP contribution in [0.4, 0.5) is 0 Å². The maximum Gasteiger partial charge on any atom is 0.335 e. The van der Waals surface area contributed by atoms with Crippen LogP contribution in [0.1, 0.15) is 47.0 Å². The summed E-state index contributed by atoms with van der Waals surface area (Å²) >= 11 is 0. The maximum absolute atomic E-state index is 11.7. The first kappa shape index (κ1) is 26.4. The molecule has 0 atom stereocenters. The molecule has 9 heteroatoms. The summed E-state index contributed by atoms with van der Waals surface area (Å²) in [7, 11) is 0. The molecule has 0 N–H and O–H groups in total. The van der Waals surface area contributed by atoms with E-state index in [0.29, 0.717) is 6.42 Å². The van der Waals surface area contributed by atoms with E-state index >= 15 is 0 Å². The van der Waals surface area contributed by atoms with Crippen LogP contribution in [0, 0.1) is 5.41 Å². The average Bonchev–Trinajstić information content (AvgIpc) is 2.62. The molecule has 9 nitrogen and oxygen atoms in total. The van der Waals surface area contributed by atoms with Gasteiger partial charge in [0.15, 0.2) is 0 Å². The van der Waals surface area contributed by atoms with Gasteiger partial charge in [-0.2, -0.15) is 0 Å². The fraction of sp³-hybridized carbons (Fsp3) is 0.650. The predicted octanol–water partition coefficient (Wildman–Crippen LogP) is 1.56. The Morgan fingerprint density at radius 1 is 0.793 bits per heavy atom. The lowest BCUT2D eigenvalue weighted by Crippen LogP contribution is -2.39. The van der Waals surface area contributed by atoms with E-state index in [2.05, 4.69) is 6.58 Å². The molecular formula is C20H30O9. The molecule has 0 radical (unpaired) electrons. The minimum absolute atomic E-state index is 0.0252. The number of carbonyl (C=O) groups is 5. The van der Waals surface area contributed by atoms with Gasteiger partial charge >= 0.3 is 17.9 Å². The Morgan fingerprint density at radius 3 is 1.66 bits per heavy atom. The van der Waals surface area contributed by atoms with Crippen molar-refractivity contribution in [2.45, 2.75) is 47.0 Å². The molecule has 0 bridgehead atoms. The molecular weight excluding hydrogens is 384 g/mol. The molecule has 0 aliphatic heterocycles. The summed E-state index contributed by atoms with van der Waals surface area (Å²) in [5.74, 6) is -2.68. The van der Waals surface area contributed by atoms with Crippen molar-refractivity contribution in [2.75, 3.05) is 33.0 Å². The van der Waals surface area contributed by atoms with Crippen LogP contribution in [0.5, 0.6) is 0 Å². The number of ether oxygens (including phenoxy) is 4. The van der Waals surface area contributed by atoms with E-state index in [4.69, 9.17) is 18.9 Å². The number of esters is 3. The molecule has 0 aromatic heterocycles. The van der Waals surface area contributed by atoms with E-state index in [-0.39, 0.29) is 63.0 Å². The molecule has 0 heterocycles. The Kier molecular flexibility index (Phi) is 12.4. The van der Waals surface area contributed by atoms with Crippen molar-refractivity contribution >= 4 is 29.5 Å². The first-order chi connectivity index (χ1) is 13.5. The molecule has 0 aliphatic rings. The fourth-order valence-corrected chi connectivity index (χ4v) is 2.09. The highest BCUT2D eigenvalue weighted by atomic mass is 16.6. The van der Waals surface area contributed by atoms with Gasteiger partial charge in [-0.15, -0.1) is 0 Å². The summed E-state index contributed by atoms with van der Waals surface area (Å²) in [6.45, 7) is 9.28. The van der Waals surface area contributed by atoms with Crippen molar-refractivity contribution in [2.24, 2.45) is 5.41 Å². The van der Waals surface area contributed by atoms with E-state index in [1.54, 1.807) is 13.8 Å². The standard InChI is InChI=1S/C20H30O9/c1-6-20(12-28-17(23)8-15(4)21,13-29-18(24)9-16(5)22)11-26-10-14(3)19(25)27-7-2/h3,6-13H2,1-2,4-5H3. The van der Waals surface area contributed by atoms with E-state index in [1.807, 2.05) is 0 Å². The third-order valence-electron chi connectivity index (χ3n) is 3.86. The zero-order chi connectivity index (χ0) is 22.4. The highest BCUT2D eigenvalue weighted by molar-refractivity contribution is 5.94. The number of carbonyl (C=O) groups excluding carboxylic acids is 5. The maximum atomic E-state index is 11.7. The second kappa shape index (κ2) is 13.6. The molecule has 164 valence electrons. The van der Waals surface area contributed by atoms with Crippen LogP contribution in [0.3, 0.4) is 0 Å². The third-order valence-corrected chi connectivity index (χ3v) is 3.86. The Morgan fingerprint density at radius 2 is 1.28 bits per heavy atom. The molecule has 0 rings (SSSR count). The Labute approximate surface area is 170 Å². The second-order valence-electron chi connectivity index (χ2n) is 6.75. The van der Waals surface area contributed by atoms with E-state index < -0.39 is 23.3 Å². The molecule has 0 aromatic carbocycles. The predicted molar refractivity (Wildman–Crippen MR) is 102 cm³/mol. The highest BCUT2D eigenvalue weighted by Gasteiger charge is 2.33. The normalized spacial score (nSPS) is 10.8. The first-order valence-corrected chi connectivity index (χ1v) is 9.28. The first-order valence-electron chi connectivity index (χ1n) is 9.28. The van der Waals surface area contributed by atoms with Gasteiger partial charge in [0.1, 0.15) is 37.6 Å². The van der Waals surface area contributed by atoms with Crippen molar-refractivity contribution in [3.63, 3.8) is 0 Å². The molecule has 0 amide bonds. The fourth-order valence-electron chi connectivity index (χ4n) is 2.09. The summed E-state index contributed by atoms with van der Waals surface area (Å²) in [4.78, 5) is 57.2. The lowest BCUT2D eigenvalue weighted by atomic mass is 9.88. The largest absolute Gasteiger partial charge is 0.465 e. The SMILES string of the molecule is C=C(COCC(CC)(COC(=O)CC(C)=O)COC(=O)CC(C)=O)C(=O)OCC. The molecule has 0 fully saturated rings. The van der Waals surface area contributed by atoms with Crippen LogP contribution < -0.4 is 0 Å². The van der Waals surface area contributed by atoms with Gasteiger partial charge in [0, 0.05) is 0 Å². The van der Waals surface area contributed by atoms with Crippen LogP contribution in [-0.4, -0.2) is 62.5 Å². The van der Waals surface area contributed by atoms with Gasteiger partial charge in [-0.25, -0.2) is 4.79 Å². The summed E-state index contributed by atoms with van der Waals surface area (Å²) < 4.78 is 20.7. The van der Waals surface area contributed by atoms with Crippen LogP contribution >= 0.6 is 0 Å². The lowest BCUT2D eigenvalue weighted by molar-refractivity contribution is -0.158. The van der Waals surface area contributed by atoms with Gasteiger partial charge in [-0.3, -0.25) is 19.2 Å². The summed E-state index contributed by atoms with van der Waals surface area (Å²) in [5.41, 5.74) is -0.813. The van der Waals surface area contributed by atoms with Crippen molar-refractivity contribution in [3.8, 4) is 0 Å². The minimum Gasteiger partial charge on any atom is -0.465 e.